The normalized spacial score (nSPS) is 28.6. The molecule has 1 aliphatic carbocycles. The number of rotatable bonds is 3. The van der Waals surface area contributed by atoms with Gasteiger partial charge in [0.1, 0.15) is 11.5 Å². The van der Waals surface area contributed by atoms with E-state index in [4.69, 9.17) is 11.6 Å². The van der Waals surface area contributed by atoms with Gasteiger partial charge in [0.2, 0.25) is 0 Å². The minimum Gasteiger partial charge on any atom is -0.512 e. The number of carbonyl (C=O) groups excluding carboxylic acids is 2. The molecule has 118 valence electrons. The van der Waals surface area contributed by atoms with Crippen molar-refractivity contribution in [1.29, 1.82) is 0 Å². The number of ketones is 2. The van der Waals surface area contributed by atoms with Crippen LogP contribution >= 0.6 is 11.6 Å². The number of carbonyl (C=O) groups is 2. The number of hydrogen-bond donors (Lipinski definition) is 2. The molecule has 1 aromatic carbocycles. The summed E-state index contributed by atoms with van der Waals surface area (Å²) in [5.74, 6) is -2.18. The van der Waals surface area contributed by atoms with Crippen molar-refractivity contribution in [3.05, 3.63) is 46.2 Å². The first-order chi connectivity index (χ1) is 10.1. The van der Waals surface area contributed by atoms with E-state index in [0.29, 0.717) is 10.6 Å². The van der Waals surface area contributed by atoms with E-state index in [2.05, 4.69) is 0 Å². The van der Waals surface area contributed by atoms with Crippen LogP contribution in [0.1, 0.15) is 38.7 Å². The fraction of sp³-hybridized carbons (Fsp3) is 0.412. The predicted molar refractivity (Wildman–Crippen MR) is 83.9 cm³/mol. The zero-order valence-corrected chi connectivity index (χ0v) is 13.5. The smallest absolute Gasteiger partial charge is 0.159 e. The highest BCUT2D eigenvalue weighted by Gasteiger charge is 2.49. The minimum absolute atomic E-state index is 0.115. The van der Waals surface area contributed by atoms with Gasteiger partial charge in [-0.25, -0.2) is 0 Å². The predicted octanol–water partition coefficient (Wildman–Crippen LogP) is 3.18. The molecule has 0 saturated heterocycles. The molecule has 2 N–H and O–H groups in total. The lowest BCUT2D eigenvalue weighted by atomic mass is 9.64. The summed E-state index contributed by atoms with van der Waals surface area (Å²) in [4.78, 5) is 24.1. The van der Waals surface area contributed by atoms with E-state index in [1.807, 2.05) is 0 Å². The first-order valence-electron chi connectivity index (χ1n) is 7.06. The van der Waals surface area contributed by atoms with Crippen molar-refractivity contribution in [2.45, 2.75) is 38.7 Å². The van der Waals surface area contributed by atoms with Crippen LogP contribution in [0, 0.1) is 5.92 Å². The van der Waals surface area contributed by atoms with Crippen LogP contribution in [0.3, 0.4) is 0 Å². The number of benzene rings is 1. The maximum atomic E-state index is 12.1. The highest BCUT2D eigenvalue weighted by molar-refractivity contribution is 6.30. The van der Waals surface area contributed by atoms with Crippen LogP contribution in [-0.4, -0.2) is 27.4 Å². The maximum Gasteiger partial charge on any atom is 0.159 e. The van der Waals surface area contributed by atoms with Crippen molar-refractivity contribution in [2.24, 2.45) is 5.92 Å². The summed E-state index contributed by atoms with van der Waals surface area (Å²) in [6.07, 6.45) is -0.115. The summed E-state index contributed by atoms with van der Waals surface area (Å²) in [5.41, 5.74) is -0.561. The monoisotopic (exact) mass is 322 g/mol. The molecule has 5 heteroatoms. The van der Waals surface area contributed by atoms with Crippen molar-refractivity contribution in [1.82, 2.24) is 0 Å². The van der Waals surface area contributed by atoms with Gasteiger partial charge in [-0.05, 0) is 38.5 Å². The lowest BCUT2D eigenvalue weighted by Crippen LogP contribution is -2.47. The zero-order valence-electron chi connectivity index (χ0n) is 12.8. The zero-order chi connectivity index (χ0) is 16.7. The Balaban J connectivity index is 2.69. The van der Waals surface area contributed by atoms with E-state index in [1.54, 1.807) is 24.3 Å². The van der Waals surface area contributed by atoms with Crippen LogP contribution < -0.4 is 0 Å². The molecule has 0 aliphatic heterocycles. The Kier molecular flexibility index (Phi) is 4.45. The lowest BCUT2D eigenvalue weighted by Gasteiger charge is -2.42. The number of Topliss-reactive ketones (excluding diaryl/α,β-unsaturated/α-hetero) is 2. The van der Waals surface area contributed by atoms with Crippen LogP contribution in [-0.2, 0) is 9.59 Å². The van der Waals surface area contributed by atoms with E-state index >= 15 is 0 Å². The van der Waals surface area contributed by atoms with Gasteiger partial charge in [0.05, 0.1) is 11.5 Å². The number of aliphatic hydroxyl groups is 2. The van der Waals surface area contributed by atoms with Crippen LogP contribution in [0.2, 0.25) is 5.02 Å². The number of hydrogen-bond acceptors (Lipinski definition) is 4. The Morgan fingerprint density at radius 3 is 2.23 bits per heavy atom. The number of halogens is 1. The molecular formula is C17H19ClO4. The number of allylic oxidation sites excluding steroid dienone is 1. The van der Waals surface area contributed by atoms with Crippen LogP contribution in [0.4, 0.5) is 0 Å². The fourth-order valence-corrected chi connectivity index (χ4v) is 3.50. The Labute approximate surface area is 134 Å². The lowest BCUT2D eigenvalue weighted by molar-refractivity contribution is -0.132. The molecule has 1 aliphatic rings. The second kappa shape index (κ2) is 5.86. The summed E-state index contributed by atoms with van der Waals surface area (Å²) in [6.45, 7) is 4.25. The molecule has 2 rings (SSSR count). The molecule has 3 atom stereocenters. The molecule has 0 saturated carbocycles. The summed E-state index contributed by atoms with van der Waals surface area (Å²) < 4.78 is 0. The highest BCUT2D eigenvalue weighted by Crippen LogP contribution is 2.47. The standard InChI is InChI=1S/C17H19ClO4/c1-9(19)14-13(21)8-17(3,22)16(10(2)20)15(14)11-4-6-12(18)7-5-11/h4-7,15-16,21-22H,8H2,1-3H3/t15-,16-,17-/m0/s1. The second-order valence-corrected chi connectivity index (χ2v) is 6.50. The van der Waals surface area contributed by atoms with Crippen molar-refractivity contribution in [3.8, 4) is 0 Å². The molecule has 0 amide bonds. The molecule has 0 unspecified atom stereocenters. The van der Waals surface area contributed by atoms with Gasteiger partial charge >= 0.3 is 0 Å². The topological polar surface area (TPSA) is 74.6 Å². The van der Waals surface area contributed by atoms with E-state index in [-0.39, 0.29) is 29.3 Å². The Morgan fingerprint density at radius 2 is 1.77 bits per heavy atom. The summed E-state index contributed by atoms with van der Waals surface area (Å²) in [5, 5.41) is 21.4. The first kappa shape index (κ1) is 16.7. The third-order valence-electron chi connectivity index (χ3n) is 4.20. The highest BCUT2D eigenvalue weighted by atomic mass is 35.5. The van der Waals surface area contributed by atoms with Gasteiger partial charge in [0, 0.05) is 22.9 Å². The minimum atomic E-state index is -1.42. The average molecular weight is 323 g/mol. The molecule has 22 heavy (non-hydrogen) atoms. The molecule has 0 fully saturated rings. The molecule has 1 aromatic rings. The molecule has 0 radical (unpaired) electrons. The summed E-state index contributed by atoms with van der Waals surface area (Å²) >= 11 is 5.89. The van der Waals surface area contributed by atoms with Crippen molar-refractivity contribution < 1.29 is 19.8 Å². The van der Waals surface area contributed by atoms with Gasteiger partial charge in [-0.2, -0.15) is 0 Å². The molecule has 0 heterocycles. The van der Waals surface area contributed by atoms with Gasteiger partial charge < -0.3 is 10.2 Å². The quantitative estimate of drug-likeness (QED) is 0.896. The molecule has 0 spiro atoms. The third-order valence-corrected chi connectivity index (χ3v) is 4.45. The van der Waals surface area contributed by atoms with Gasteiger partial charge in [-0.15, -0.1) is 0 Å². The molecule has 0 bridgehead atoms. The van der Waals surface area contributed by atoms with Gasteiger partial charge in [0.25, 0.3) is 0 Å². The van der Waals surface area contributed by atoms with Crippen LogP contribution in [0.15, 0.2) is 35.6 Å². The molecule has 0 aromatic heterocycles. The van der Waals surface area contributed by atoms with Crippen LogP contribution in [0.25, 0.3) is 0 Å². The van der Waals surface area contributed by atoms with Crippen molar-refractivity contribution in [3.63, 3.8) is 0 Å². The van der Waals surface area contributed by atoms with Gasteiger partial charge in [-0.1, -0.05) is 23.7 Å². The Bertz CT molecular complexity index is 643. The Morgan fingerprint density at radius 1 is 1.23 bits per heavy atom. The summed E-state index contributed by atoms with van der Waals surface area (Å²) in [7, 11) is 0. The molecule has 4 nitrogen and oxygen atoms in total. The first-order valence-corrected chi connectivity index (χ1v) is 7.44. The van der Waals surface area contributed by atoms with E-state index in [9.17, 15) is 19.8 Å². The van der Waals surface area contributed by atoms with Gasteiger partial charge in [-0.3, -0.25) is 9.59 Å². The van der Waals surface area contributed by atoms with E-state index < -0.39 is 17.4 Å². The fourth-order valence-electron chi connectivity index (χ4n) is 3.37. The van der Waals surface area contributed by atoms with Crippen molar-refractivity contribution in [2.75, 3.05) is 0 Å². The third kappa shape index (κ3) is 2.94. The maximum absolute atomic E-state index is 12.1. The summed E-state index contributed by atoms with van der Waals surface area (Å²) in [6, 6.07) is 6.74. The molecular weight excluding hydrogens is 304 g/mol. The Hall–Kier alpha value is -1.65. The average Bonchev–Trinajstić information content (AvgIpc) is 2.36. The second-order valence-electron chi connectivity index (χ2n) is 6.07. The number of aliphatic hydroxyl groups excluding tert-OH is 1. The van der Waals surface area contributed by atoms with E-state index in [0.717, 1.165) is 0 Å². The van der Waals surface area contributed by atoms with Crippen LogP contribution in [0.5, 0.6) is 0 Å². The van der Waals surface area contributed by atoms with Crippen molar-refractivity contribution >= 4 is 23.2 Å². The van der Waals surface area contributed by atoms with Gasteiger partial charge in [0.15, 0.2) is 5.78 Å². The largest absolute Gasteiger partial charge is 0.512 e. The van der Waals surface area contributed by atoms with E-state index in [1.165, 1.54) is 20.8 Å². The SMILES string of the molecule is CC(=O)C1=C(O)C[C@](C)(O)[C@@H](C(C)=O)[C@H]1c1ccc(Cl)cc1.